The number of amides is 2. The van der Waals surface area contributed by atoms with E-state index in [1.807, 2.05) is 38.1 Å². The second kappa shape index (κ2) is 10.7. The van der Waals surface area contributed by atoms with Gasteiger partial charge in [0.05, 0.1) is 25.4 Å². The fourth-order valence-corrected chi connectivity index (χ4v) is 7.35. The molecule has 7 atom stereocenters. The third-order valence-electron chi connectivity index (χ3n) is 9.53. The molecule has 4 N–H and O–H groups in total. The zero-order valence-corrected chi connectivity index (χ0v) is 21.8. The van der Waals surface area contributed by atoms with Gasteiger partial charge in [-0.2, -0.15) is 0 Å². The van der Waals surface area contributed by atoms with Gasteiger partial charge in [0.15, 0.2) is 0 Å². The van der Waals surface area contributed by atoms with Crippen LogP contribution in [0.15, 0.2) is 24.3 Å². The van der Waals surface area contributed by atoms with Crippen LogP contribution in [0.4, 0.5) is 10.5 Å². The molecule has 2 aliphatic carbocycles. The van der Waals surface area contributed by atoms with Gasteiger partial charge in [-0.25, -0.2) is 4.79 Å². The van der Waals surface area contributed by atoms with Crippen LogP contribution in [-0.4, -0.2) is 70.2 Å². The topological polar surface area (TPSA) is 119 Å². The maximum atomic E-state index is 13.3. The summed E-state index contributed by atoms with van der Waals surface area (Å²) >= 11 is 0. The van der Waals surface area contributed by atoms with Gasteiger partial charge in [0, 0.05) is 24.1 Å². The summed E-state index contributed by atoms with van der Waals surface area (Å²) in [7, 11) is 0. The first-order chi connectivity index (χ1) is 17.1. The fourth-order valence-electron chi connectivity index (χ4n) is 7.35. The zero-order chi connectivity index (χ0) is 26.1. The lowest BCUT2D eigenvalue weighted by atomic mass is 9.46. The summed E-state index contributed by atoms with van der Waals surface area (Å²) in [5.41, 5.74) is 0.671. The van der Waals surface area contributed by atoms with Crippen molar-refractivity contribution < 1.29 is 29.6 Å². The van der Waals surface area contributed by atoms with Gasteiger partial charge in [0.25, 0.3) is 0 Å². The minimum atomic E-state index is -0.694. The van der Waals surface area contributed by atoms with Crippen molar-refractivity contribution in [3.63, 3.8) is 0 Å². The average Bonchev–Trinajstić information content (AvgIpc) is 3.34. The molecule has 3 fully saturated rings. The van der Waals surface area contributed by atoms with E-state index in [4.69, 9.17) is 4.74 Å². The summed E-state index contributed by atoms with van der Waals surface area (Å²) < 4.78 is 5.90. The van der Waals surface area contributed by atoms with Crippen LogP contribution >= 0.6 is 0 Å². The first-order valence-corrected chi connectivity index (χ1v) is 13.4. The molecule has 0 radical (unpaired) electrons. The highest BCUT2D eigenvalue weighted by Gasteiger charge is 2.60. The van der Waals surface area contributed by atoms with E-state index >= 15 is 0 Å². The van der Waals surface area contributed by atoms with Crippen molar-refractivity contribution in [1.82, 2.24) is 4.90 Å². The smallest absolute Gasteiger partial charge is 0.411 e. The van der Waals surface area contributed by atoms with Crippen LogP contribution < -0.4 is 5.32 Å². The van der Waals surface area contributed by atoms with Crippen LogP contribution in [0.1, 0.15) is 64.4 Å². The van der Waals surface area contributed by atoms with Crippen molar-refractivity contribution in [3.05, 3.63) is 29.8 Å². The number of aliphatic hydroxyl groups is 3. The van der Waals surface area contributed by atoms with Crippen molar-refractivity contribution >= 4 is 17.7 Å². The molecule has 0 spiro atoms. The molecule has 0 aromatic heterocycles. The summed E-state index contributed by atoms with van der Waals surface area (Å²) in [4.78, 5) is 27.8. The standard InChI is InChI=1S/C28H42N2O6/c1-18-6-8-19(9-7-18)29-26(35)36-24-12-13-27(2)21(15-25(34)30-14-4-5-20(30)16-31)22(33)10-11-23(27)28(24,3)17-32/h6-9,20-24,31-33H,4-5,10-17H2,1-3H3,(H,29,35). The van der Waals surface area contributed by atoms with Gasteiger partial charge in [0.1, 0.15) is 6.10 Å². The van der Waals surface area contributed by atoms with Crippen LogP contribution in [0.3, 0.4) is 0 Å². The number of anilines is 1. The van der Waals surface area contributed by atoms with E-state index in [1.54, 1.807) is 4.90 Å². The van der Waals surface area contributed by atoms with E-state index < -0.39 is 23.7 Å². The van der Waals surface area contributed by atoms with Gasteiger partial charge >= 0.3 is 6.09 Å². The first kappa shape index (κ1) is 26.9. The van der Waals surface area contributed by atoms with E-state index in [9.17, 15) is 24.9 Å². The normalized spacial score (nSPS) is 36.3. The molecule has 3 aliphatic rings. The highest BCUT2D eigenvalue weighted by Crippen LogP contribution is 2.61. The molecule has 7 unspecified atom stereocenters. The lowest BCUT2D eigenvalue weighted by Gasteiger charge is -2.60. The minimum Gasteiger partial charge on any atom is -0.445 e. The van der Waals surface area contributed by atoms with Crippen molar-refractivity contribution in [1.29, 1.82) is 0 Å². The third kappa shape index (κ3) is 5.00. The predicted octanol–water partition coefficient (Wildman–Crippen LogP) is 3.47. The number of aryl methyl sites for hydroxylation is 1. The van der Waals surface area contributed by atoms with Crippen molar-refractivity contribution in [2.24, 2.45) is 22.7 Å². The highest BCUT2D eigenvalue weighted by molar-refractivity contribution is 5.84. The molecule has 2 saturated carbocycles. The van der Waals surface area contributed by atoms with Crippen LogP contribution in [0.5, 0.6) is 0 Å². The summed E-state index contributed by atoms with van der Waals surface area (Å²) in [5.74, 6) is -0.287. The molecule has 8 nitrogen and oxygen atoms in total. The fraction of sp³-hybridized carbons (Fsp3) is 0.714. The van der Waals surface area contributed by atoms with Crippen LogP contribution in [-0.2, 0) is 9.53 Å². The number of nitrogens with zero attached hydrogens (tertiary/aromatic N) is 1. The lowest BCUT2D eigenvalue weighted by Crippen LogP contribution is -2.61. The van der Waals surface area contributed by atoms with Gasteiger partial charge in [-0.05, 0) is 74.8 Å². The molecule has 1 aromatic rings. The Labute approximate surface area is 214 Å². The van der Waals surface area contributed by atoms with Gasteiger partial charge in [-0.15, -0.1) is 0 Å². The summed E-state index contributed by atoms with van der Waals surface area (Å²) in [6.45, 7) is 6.54. The number of aliphatic hydroxyl groups excluding tert-OH is 3. The maximum Gasteiger partial charge on any atom is 0.411 e. The Morgan fingerprint density at radius 3 is 2.50 bits per heavy atom. The Morgan fingerprint density at radius 2 is 1.83 bits per heavy atom. The summed E-state index contributed by atoms with van der Waals surface area (Å²) in [6, 6.07) is 7.34. The van der Waals surface area contributed by atoms with E-state index in [-0.39, 0.29) is 48.8 Å². The van der Waals surface area contributed by atoms with E-state index in [2.05, 4.69) is 12.2 Å². The van der Waals surface area contributed by atoms with Gasteiger partial charge in [-0.1, -0.05) is 31.5 Å². The Hall–Kier alpha value is -2.16. The van der Waals surface area contributed by atoms with E-state index in [0.717, 1.165) is 18.4 Å². The number of hydrogen-bond acceptors (Lipinski definition) is 6. The minimum absolute atomic E-state index is 0.0148. The molecule has 0 bridgehead atoms. The van der Waals surface area contributed by atoms with Crippen LogP contribution in [0.25, 0.3) is 0 Å². The molecule has 1 aromatic carbocycles. The Morgan fingerprint density at radius 1 is 1.11 bits per heavy atom. The van der Waals surface area contributed by atoms with Crippen molar-refractivity contribution in [2.45, 2.75) is 84.0 Å². The molecule has 1 heterocycles. The highest BCUT2D eigenvalue weighted by atomic mass is 16.6. The number of likely N-dealkylation sites (tertiary alicyclic amines) is 1. The Kier molecular flexibility index (Phi) is 7.98. The SMILES string of the molecule is Cc1ccc(NC(=O)OC2CCC3(C)C(CC(=O)N4CCCC4CO)C(O)CCC3C2(C)CO)cc1. The van der Waals surface area contributed by atoms with E-state index in [1.165, 1.54) is 0 Å². The molecule has 8 heteroatoms. The van der Waals surface area contributed by atoms with Gasteiger partial charge in [0.2, 0.25) is 5.91 Å². The number of benzene rings is 1. The van der Waals surface area contributed by atoms with Crippen molar-refractivity contribution in [2.75, 3.05) is 25.1 Å². The molecule has 2 amide bonds. The molecule has 4 rings (SSSR count). The number of fused-ring (bicyclic) bond motifs is 1. The number of nitrogens with one attached hydrogen (secondary N) is 1. The monoisotopic (exact) mass is 502 g/mol. The first-order valence-electron chi connectivity index (χ1n) is 13.4. The molecule has 200 valence electrons. The van der Waals surface area contributed by atoms with Crippen LogP contribution in [0.2, 0.25) is 0 Å². The number of hydrogen-bond donors (Lipinski definition) is 4. The molecule has 36 heavy (non-hydrogen) atoms. The predicted molar refractivity (Wildman–Crippen MR) is 136 cm³/mol. The Balaban J connectivity index is 1.49. The molecular weight excluding hydrogens is 460 g/mol. The lowest BCUT2D eigenvalue weighted by molar-refractivity contribution is -0.186. The van der Waals surface area contributed by atoms with Gasteiger partial charge in [-0.3, -0.25) is 10.1 Å². The van der Waals surface area contributed by atoms with Gasteiger partial charge < -0.3 is 25.0 Å². The zero-order valence-electron chi connectivity index (χ0n) is 21.8. The van der Waals surface area contributed by atoms with Crippen LogP contribution in [0, 0.1) is 29.6 Å². The van der Waals surface area contributed by atoms with E-state index in [0.29, 0.717) is 37.9 Å². The Bertz CT molecular complexity index is 938. The summed E-state index contributed by atoms with van der Waals surface area (Å²) in [6.07, 6.45) is 2.77. The molecule has 1 aliphatic heterocycles. The largest absolute Gasteiger partial charge is 0.445 e. The third-order valence-corrected chi connectivity index (χ3v) is 9.53. The maximum absolute atomic E-state index is 13.3. The second-order valence-electron chi connectivity index (χ2n) is 11.7. The number of rotatable bonds is 6. The number of carbonyl (C=O) groups is 2. The molecule has 1 saturated heterocycles. The second-order valence-corrected chi connectivity index (χ2v) is 11.7. The quantitative estimate of drug-likeness (QED) is 0.473. The summed E-state index contributed by atoms with van der Waals surface area (Å²) in [5, 5.41) is 34.1. The van der Waals surface area contributed by atoms with Crippen molar-refractivity contribution in [3.8, 4) is 0 Å². The average molecular weight is 503 g/mol. The number of ether oxygens (including phenoxy) is 1. The molecular formula is C28H42N2O6. The number of carbonyl (C=O) groups excluding carboxylic acids is 2.